The number of hydrogen-bond acceptors (Lipinski definition) is 2. The Balaban J connectivity index is 2.49. The minimum absolute atomic E-state index is 0.0150. The van der Waals surface area contributed by atoms with Crippen molar-refractivity contribution in [1.29, 1.82) is 0 Å². The maximum Gasteiger partial charge on any atom is 0.244 e. The van der Waals surface area contributed by atoms with E-state index >= 15 is 0 Å². The summed E-state index contributed by atoms with van der Waals surface area (Å²) in [7, 11) is -3.63. The predicted octanol–water partition coefficient (Wildman–Crippen LogP) is 4.54. The van der Waals surface area contributed by atoms with E-state index < -0.39 is 10.0 Å². The summed E-state index contributed by atoms with van der Waals surface area (Å²) in [6.45, 7) is 4.60. The fourth-order valence-electron chi connectivity index (χ4n) is 2.73. The van der Waals surface area contributed by atoms with Crippen LogP contribution in [0, 0.1) is 5.92 Å². The first-order valence-electron chi connectivity index (χ1n) is 6.84. The topological polar surface area (TPSA) is 37.4 Å². The zero-order valence-electron chi connectivity index (χ0n) is 11.9. The molecule has 1 aliphatic rings. The van der Waals surface area contributed by atoms with Gasteiger partial charge in [-0.05, 0) is 36.5 Å². The zero-order valence-corrected chi connectivity index (χ0v) is 15.0. The first kappa shape index (κ1) is 17.4. The summed E-state index contributed by atoms with van der Waals surface area (Å²) in [6.07, 6.45) is 1.75. The molecule has 118 valence electrons. The van der Waals surface area contributed by atoms with Crippen LogP contribution in [0.5, 0.6) is 0 Å². The lowest BCUT2D eigenvalue weighted by Crippen LogP contribution is -2.38. The van der Waals surface area contributed by atoms with Gasteiger partial charge in [0.05, 0.1) is 5.02 Å². The van der Waals surface area contributed by atoms with Crippen molar-refractivity contribution in [2.75, 3.05) is 6.54 Å². The lowest BCUT2D eigenvalue weighted by molar-refractivity contribution is 0.316. The quantitative estimate of drug-likeness (QED) is 0.730. The maximum absolute atomic E-state index is 12.9. The molecule has 21 heavy (non-hydrogen) atoms. The Morgan fingerprint density at radius 2 is 1.95 bits per heavy atom. The molecule has 1 unspecified atom stereocenters. The van der Waals surface area contributed by atoms with Gasteiger partial charge >= 0.3 is 0 Å². The molecule has 1 saturated heterocycles. The summed E-state index contributed by atoms with van der Waals surface area (Å²) in [5, 5.41) is 0.527. The van der Waals surface area contributed by atoms with Crippen molar-refractivity contribution in [3.05, 3.63) is 27.7 Å². The summed E-state index contributed by atoms with van der Waals surface area (Å²) in [6, 6.07) is 2.96. The molecule has 7 heteroatoms. The van der Waals surface area contributed by atoms with Crippen molar-refractivity contribution in [3.8, 4) is 0 Å². The number of sulfonamides is 1. The molecule has 1 aromatic rings. The van der Waals surface area contributed by atoms with E-state index in [9.17, 15) is 8.42 Å². The first-order valence-corrected chi connectivity index (χ1v) is 9.57. The highest BCUT2D eigenvalue weighted by molar-refractivity contribution is 7.89. The summed E-state index contributed by atoms with van der Waals surface area (Å²) in [5.41, 5.74) is 0.571. The molecule has 1 aliphatic heterocycles. The molecule has 1 atom stereocenters. The van der Waals surface area contributed by atoms with Crippen molar-refractivity contribution in [3.63, 3.8) is 0 Å². The van der Waals surface area contributed by atoms with Gasteiger partial charge in [0.15, 0.2) is 0 Å². The van der Waals surface area contributed by atoms with Crippen LogP contribution in [0.2, 0.25) is 10.0 Å². The van der Waals surface area contributed by atoms with E-state index in [4.69, 9.17) is 34.8 Å². The van der Waals surface area contributed by atoms with Crippen molar-refractivity contribution >= 4 is 44.8 Å². The van der Waals surface area contributed by atoms with Crippen LogP contribution in [0.25, 0.3) is 0 Å². The van der Waals surface area contributed by atoms with Gasteiger partial charge < -0.3 is 0 Å². The number of halogens is 3. The molecule has 0 amide bonds. The second kappa shape index (κ2) is 6.63. The molecule has 0 N–H and O–H groups in total. The Labute approximate surface area is 141 Å². The van der Waals surface area contributed by atoms with Gasteiger partial charge in [-0.15, -0.1) is 11.6 Å². The van der Waals surface area contributed by atoms with Crippen LogP contribution < -0.4 is 0 Å². The number of rotatable bonds is 4. The predicted molar refractivity (Wildman–Crippen MR) is 87.8 cm³/mol. The van der Waals surface area contributed by atoms with Crippen LogP contribution >= 0.6 is 34.8 Å². The van der Waals surface area contributed by atoms with Gasteiger partial charge in [-0.3, -0.25) is 0 Å². The van der Waals surface area contributed by atoms with Crippen LogP contribution in [0.3, 0.4) is 0 Å². The van der Waals surface area contributed by atoms with Crippen molar-refractivity contribution in [1.82, 2.24) is 4.31 Å². The van der Waals surface area contributed by atoms with Gasteiger partial charge in [-0.1, -0.05) is 37.0 Å². The molecular weight excluding hydrogens is 353 g/mol. The van der Waals surface area contributed by atoms with E-state index in [2.05, 4.69) is 0 Å². The van der Waals surface area contributed by atoms with E-state index in [1.165, 1.54) is 12.1 Å². The SMILES string of the molecule is CC(C)C1CCCN1S(=O)(=O)c1cc(CCl)c(Cl)cc1Cl. The highest BCUT2D eigenvalue weighted by atomic mass is 35.5. The molecule has 0 aliphatic carbocycles. The first-order chi connectivity index (χ1) is 9.78. The average molecular weight is 371 g/mol. The summed E-state index contributed by atoms with van der Waals surface area (Å²) < 4.78 is 27.4. The van der Waals surface area contributed by atoms with Crippen LogP contribution in [-0.4, -0.2) is 25.3 Å². The van der Waals surface area contributed by atoms with E-state index in [1.54, 1.807) is 4.31 Å². The van der Waals surface area contributed by atoms with Gasteiger partial charge in [0.25, 0.3) is 0 Å². The maximum atomic E-state index is 12.9. The minimum atomic E-state index is -3.63. The van der Waals surface area contributed by atoms with E-state index in [0.29, 0.717) is 17.1 Å². The van der Waals surface area contributed by atoms with Crippen LogP contribution in [0.15, 0.2) is 17.0 Å². The van der Waals surface area contributed by atoms with Gasteiger partial charge in [-0.2, -0.15) is 4.31 Å². The third kappa shape index (κ3) is 3.35. The van der Waals surface area contributed by atoms with Gasteiger partial charge in [0.2, 0.25) is 10.0 Å². The Kier molecular flexibility index (Phi) is 5.48. The third-order valence-corrected chi connectivity index (χ3v) is 6.88. The smallest absolute Gasteiger partial charge is 0.207 e. The molecule has 0 aromatic heterocycles. The third-order valence-electron chi connectivity index (χ3n) is 3.85. The molecule has 2 rings (SSSR count). The fraction of sp³-hybridized carbons (Fsp3) is 0.571. The van der Waals surface area contributed by atoms with Crippen molar-refractivity contribution in [2.24, 2.45) is 5.92 Å². The van der Waals surface area contributed by atoms with E-state index in [-0.39, 0.29) is 27.8 Å². The van der Waals surface area contributed by atoms with E-state index in [0.717, 1.165) is 12.8 Å². The second-order valence-electron chi connectivity index (χ2n) is 5.58. The Hall–Kier alpha value is -0.000000000000000111. The molecule has 1 aromatic carbocycles. The number of nitrogens with zero attached hydrogens (tertiary/aromatic N) is 1. The molecule has 0 radical (unpaired) electrons. The zero-order chi connectivity index (χ0) is 15.8. The summed E-state index contributed by atoms with van der Waals surface area (Å²) in [5.74, 6) is 0.410. The second-order valence-corrected chi connectivity index (χ2v) is 8.52. The average Bonchev–Trinajstić information content (AvgIpc) is 2.88. The highest BCUT2D eigenvalue weighted by Gasteiger charge is 2.37. The van der Waals surface area contributed by atoms with Crippen LogP contribution in [0.4, 0.5) is 0 Å². The Morgan fingerprint density at radius 1 is 1.29 bits per heavy atom. The standard InChI is InChI=1S/C14H18Cl3NO2S/c1-9(2)13-4-3-5-18(13)21(19,20)14-6-10(8-15)11(16)7-12(14)17/h6-7,9,13H,3-5,8H2,1-2H3. The molecule has 0 spiro atoms. The Bertz CT molecular complexity index is 631. The molecule has 1 heterocycles. The summed E-state index contributed by atoms with van der Waals surface area (Å²) in [4.78, 5) is 0.0942. The molecule has 3 nitrogen and oxygen atoms in total. The lowest BCUT2D eigenvalue weighted by Gasteiger charge is -2.27. The fourth-order valence-corrected chi connectivity index (χ4v) is 5.68. The van der Waals surface area contributed by atoms with Gasteiger partial charge in [0.1, 0.15) is 4.90 Å². The molecular formula is C14H18Cl3NO2S. The van der Waals surface area contributed by atoms with Gasteiger partial charge in [0, 0.05) is 23.5 Å². The normalized spacial score (nSPS) is 20.4. The minimum Gasteiger partial charge on any atom is -0.207 e. The molecule has 0 saturated carbocycles. The van der Waals surface area contributed by atoms with Crippen molar-refractivity contribution in [2.45, 2.75) is 43.5 Å². The highest BCUT2D eigenvalue weighted by Crippen LogP contribution is 2.35. The Morgan fingerprint density at radius 3 is 2.52 bits per heavy atom. The van der Waals surface area contributed by atoms with Crippen LogP contribution in [0.1, 0.15) is 32.3 Å². The summed E-state index contributed by atoms with van der Waals surface area (Å²) >= 11 is 17.9. The largest absolute Gasteiger partial charge is 0.244 e. The van der Waals surface area contributed by atoms with Gasteiger partial charge in [-0.25, -0.2) is 8.42 Å². The lowest BCUT2D eigenvalue weighted by atomic mass is 10.0. The van der Waals surface area contributed by atoms with Crippen LogP contribution in [-0.2, 0) is 15.9 Å². The van der Waals surface area contributed by atoms with E-state index in [1.807, 2.05) is 13.8 Å². The van der Waals surface area contributed by atoms with Crippen molar-refractivity contribution < 1.29 is 8.42 Å². The molecule has 1 fully saturated rings. The number of alkyl halides is 1. The number of hydrogen-bond donors (Lipinski definition) is 0. The monoisotopic (exact) mass is 369 g/mol. The number of benzene rings is 1. The molecule has 0 bridgehead atoms.